The van der Waals surface area contributed by atoms with E-state index in [1.165, 1.54) is 24.3 Å². The van der Waals surface area contributed by atoms with Crippen LogP contribution in [0.25, 0.3) is 0 Å². The molecule has 0 aliphatic rings. The number of benzene rings is 2. The van der Waals surface area contributed by atoms with Gasteiger partial charge in [-0.15, -0.1) is 0 Å². The molecule has 1 unspecified atom stereocenters. The normalized spacial score (nSPS) is 12.0. The molecule has 0 spiro atoms. The van der Waals surface area contributed by atoms with Gasteiger partial charge >= 0.3 is 0 Å². The van der Waals surface area contributed by atoms with E-state index in [1.54, 1.807) is 12.1 Å². The lowest BCUT2D eigenvalue weighted by Crippen LogP contribution is -2.21. The van der Waals surface area contributed by atoms with Gasteiger partial charge in [-0.2, -0.15) is 0 Å². The first-order chi connectivity index (χ1) is 10.1. The Morgan fingerprint density at radius 2 is 2.00 bits per heavy atom. The van der Waals surface area contributed by atoms with Gasteiger partial charge in [0.05, 0.1) is 13.2 Å². The Balaban J connectivity index is 2.29. The zero-order chi connectivity index (χ0) is 15.4. The SMILES string of the molecule is COc1cc(NC(CN)c2cccc(C)c2C)ccc1F. The lowest BCUT2D eigenvalue weighted by Gasteiger charge is -2.22. The van der Waals surface area contributed by atoms with E-state index in [9.17, 15) is 4.39 Å². The summed E-state index contributed by atoms with van der Waals surface area (Å²) in [5, 5.41) is 3.34. The van der Waals surface area contributed by atoms with E-state index in [4.69, 9.17) is 10.5 Å². The predicted molar refractivity (Wildman–Crippen MR) is 84.3 cm³/mol. The molecule has 0 aliphatic carbocycles. The molecule has 1 atom stereocenters. The first kappa shape index (κ1) is 15.3. The standard InChI is InChI=1S/C17H21FN2O/c1-11-5-4-6-14(12(11)2)16(10-19)20-13-7-8-15(18)17(9-13)21-3/h4-9,16,20H,10,19H2,1-3H3. The quantitative estimate of drug-likeness (QED) is 0.884. The molecule has 0 radical (unpaired) electrons. The van der Waals surface area contributed by atoms with Crippen molar-refractivity contribution < 1.29 is 9.13 Å². The highest BCUT2D eigenvalue weighted by Gasteiger charge is 2.14. The Hall–Kier alpha value is -2.07. The number of nitrogens with one attached hydrogen (secondary N) is 1. The lowest BCUT2D eigenvalue weighted by atomic mass is 9.97. The van der Waals surface area contributed by atoms with Crippen molar-refractivity contribution in [3.63, 3.8) is 0 Å². The number of ether oxygens (including phenoxy) is 1. The van der Waals surface area contributed by atoms with Crippen molar-refractivity contribution in [1.82, 2.24) is 0 Å². The fraction of sp³-hybridized carbons (Fsp3) is 0.294. The Morgan fingerprint density at radius 3 is 2.67 bits per heavy atom. The van der Waals surface area contributed by atoms with E-state index in [0.717, 1.165) is 11.3 Å². The predicted octanol–water partition coefficient (Wildman–Crippen LogP) is 3.56. The number of anilines is 1. The molecule has 2 aromatic carbocycles. The third-order valence-corrected chi connectivity index (χ3v) is 3.75. The summed E-state index contributed by atoms with van der Waals surface area (Å²) in [5.74, 6) is -0.157. The highest BCUT2D eigenvalue weighted by atomic mass is 19.1. The second-order valence-corrected chi connectivity index (χ2v) is 5.07. The van der Waals surface area contributed by atoms with Gasteiger partial charge < -0.3 is 15.8 Å². The Labute approximate surface area is 124 Å². The summed E-state index contributed by atoms with van der Waals surface area (Å²) >= 11 is 0. The second kappa shape index (κ2) is 6.59. The number of methoxy groups -OCH3 is 1. The molecule has 21 heavy (non-hydrogen) atoms. The maximum atomic E-state index is 13.5. The van der Waals surface area contributed by atoms with Gasteiger partial charge in [-0.3, -0.25) is 0 Å². The third-order valence-electron chi connectivity index (χ3n) is 3.75. The minimum Gasteiger partial charge on any atom is -0.494 e. The van der Waals surface area contributed by atoms with Crippen LogP contribution in [0, 0.1) is 19.7 Å². The summed E-state index contributed by atoms with van der Waals surface area (Å²) in [5.41, 5.74) is 10.3. The first-order valence-electron chi connectivity index (χ1n) is 6.93. The molecular weight excluding hydrogens is 267 g/mol. The van der Waals surface area contributed by atoms with Gasteiger partial charge in [-0.05, 0) is 42.7 Å². The second-order valence-electron chi connectivity index (χ2n) is 5.07. The molecule has 0 saturated carbocycles. The number of nitrogens with two attached hydrogens (primary N) is 1. The van der Waals surface area contributed by atoms with Crippen LogP contribution in [-0.4, -0.2) is 13.7 Å². The summed E-state index contributed by atoms with van der Waals surface area (Å²) in [6, 6.07) is 10.8. The number of rotatable bonds is 5. The van der Waals surface area contributed by atoms with Crippen LogP contribution >= 0.6 is 0 Å². The minimum absolute atomic E-state index is 0.0277. The van der Waals surface area contributed by atoms with Gasteiger partial charge in [0.1, 0.15) is 0 Å². The van der Waals surface area contributed by atoms with E-state index in [1.807, 2.05) is 6.07 Å². The van der Waals surface area contributed by atoms with Crippen LogP contribution in [0.4, 0.5) is 10.1 Å². The van der Waals surface area contributed by atoms with Crippen LogP contribution in [0.2, 0.25) is 0 Å². The third kappa shape index (κ3) is 3.34. The van der Waals surface area contributed by atoms with Gasteiger partial charge in [0.25, 0.3) is 0 Å². The molecule has 0 heterocycles. The van der Waals surface area contributed by atoms with Crippen LogP contribution in [0.15, 0.2) is 36.4 Å². The Bertz CT molecular complexity index is 628. The highest BCUT2D eigenvalue weighted by molar-refractivity contribution is 5.51. The number of hydrogen-bond donors (Lipinski definition) is 2. The van der Waals surface area contributed by atoms with E-state index < -0.39 is 0 Å². The van der Waals surface area contributed by atoms with E-state index >= 15 is 0 Å². The molecule has 0 amide bonds. The topological polar surface area (TPSA) is 47.3 Å². The Kier molecular flexibility index (Phi) is 4.81. The van der Waals surface area contributed by atoms with Gasteiger partial charge in [-0.1, -0.05) is 18.2 Å². The van der Waals surface area contributed by atoms with Crippen LogP contribution in [0.5, 0.6) is 5.75 Å². The molecule has 3 N–H and O–H groups in total. The van der Waals surface area contributed by atoms with Crippen molar-refractivity contribution in [2.75, 3.05) is 19.0 Å². The molecule has 0 saturated heterocycles. The smallest absolute Gasteiger partial charge is 0.165 e. The average molecular weight is 288 g/mol. The van der Waals surface area contributed by atoms with Crippen molar-refractivity contribution in [3.05, 3.63) is 58.9 Å². The molecule has 4 heteroatoms. The molecule has 3 nitrogen and oxygen atoms in total. The Morgan fingerprint density at radius 1 is 1.24 bits per heavy atom. The lowest BCUT2D eigenvalue weighted by molar-refractivity contribution is 0.386. The molecule has 0 aromatic heterocycles. The first-order valence-corrected chi connectivity index (χ1v) is 6.93. The summed E-state index contributed by atoms with van der Waals surface area (Å²) < 4.78 is 18.5. The molecule has 2 rings (SSSR count). The molecule has 0 aliphatic heterocycles. The fourth-order valence-corrected chi connectivity index (χ4v) is 2.37. The monoisotopic (exact) mass is 288 g/mol. The summed E-state index contributed by atoms with van der Waals surface area (Å²) in [4.78, 5) is 0. The number of aryl methyl sites for hydroxylation is 1. The largest absolute Gasteiger partial charge is 0.494 e. The van der Waals surface area contributed by atoms with Crippen molar-refractivity contribution >= 4 is 5.69 Å². The highest BCUT2D eigenvalue weighted by Crippen LogP contribution is 2.27. The summed E-state index contributed by atoms with van der Waals surface area (Å²) in [6.45, 7) is 4.61. The van der Waals surface area contributed by atoms with Crippen LogP contribution in [0.1, 0.15) is 22.7 Å². The minimum atomic E-state index is -0.376. The van der Waals surface area contributed by atoms with E-state index in [-0.39, 0.29) is 17.6 Å². The van der Waals surface area contributed by atoms with E-state index in [2.05, 4.69) is 31.3 Å². The summed E-state index contributed by atoms with van der Waals surface area (Å²) in [7, 11) is 1.45. The van der Waals surface area contributed by atoms with Crippen molar-refractivity contribution in [2.24, 2.45) is 5.73 Å². The van der Waals surface area contributed by atoms with Gasteiger partial charge in [0, 0.05) is 18.3 Å². The zero-order valence-corrected chi connectivity index (χ0v) is 12.6. The van der Waals surface area contributed by atoms with Gasteiger partial charge in [-0.25, -0.2) is 4.39 Å². The number of halogens is 1. The van der Waals surface area contributed by atoms with E-state index in [0.29, 0.717) is 6.54 Å². The van der Waals surface area contributed by atoms with Crippen LogP contribution < -0.4 is 15.8 Å². The van der Waals surface area contributed by atoms with Crippen LogP contribution in [0.3, 0.4) is 0 Å². The van der Waals surface area contributed by atoms with Crippen molar-refractivity contribution in [3.8, 4) is 5.75 Å². The van der Waals surface area contributed by atoms with Crippen molar-refractivity contribution in [2.45, 2.75) is 19.9 Å². The molecule has 0 fully saturated rings. The van der Waals surface area contributed by atoms with Crippen LogP contribution in [-0.2, 0) is 0 Å². The van der Waals surface area contributed by atoms with Gasteiger partial charge in [0.2, 0.25) is 0 Å². The maximum Gasteiger partial charge on any atom is 0.165 e. The molecule has 0 bridgehead atoms. The number of hydrogen-bond acceptors (Lipinski definition) is 3. The maximum absolute atomic E-state index is 13.5. The fourth-order valence-electron chi connectivity index (χ4n) is 2.37. The van der Waals surface area contributed by atoms with Crippen molar-refractivity contribution in [1.29, 1.82) is 0 Å². The molecule has 112 valence electrons. The molecule has 2 aromatic rings. The average Bonchev–Trinajstić information content (AvgIpc) is 2.49. The van der Waals surface area contributed by atoms with Gasteiger partial charge in [0.15, 0.2) is 11.6 Å². The molecular formula is C17H21FN2O. The zero-order valence-electron chi connectivity index (χ0n) is 12.6. The summed E-state index contributed by atoms with van der Waals surface area (Å²) in [6.07, 6.45) is 0.